The number of rotatable bonds is 10. The lowest BCUT2D eigenvalue weighted by Gasteiger charge is -2.34. The van der Waals surface area contributed by atoms with E-state index in [0.29, 0.717) is 0 Å². The van der Waals surface area contributed by atoms with Crippen LogP contribution in [0.25, 0.3) is 0 Å². The summed E-state index contributed by atoms with van der Waals surface area (Å²) in [6, 6.07) is 8.12. The lowest BCUT2D eigenvalue weighted by molar-refractivity contribution is -0.235. The van der Waals surface area contributed by atoms with Crippen molar-refractivity contribution in [1.82, 2.24) is 0 Å². The van der Waals surface area contributed by atoms with E-state index in [1.165, 1.54) is 12.1 Å². The molecule has 0 saturated heterocycles. The van der Waals surface area contributed by atoms with Gasteiger partial charge in [0.05, 0.1) is 0 Å². The number of carboxylic acids is 1. The zero-order valence-corrected chi connectivity index (χ0v) is 13.1. The molecule has 1 N–H and O–H groups in total. The van der Waals surface area contributed by atoms with Gasteiger partial charge in [-0.25, -0.2) is 4.79 Å². The molecule has 1 aromatic rings. The molecule has 0 heterocycles. The summed E-state index contributed by atoms with van der Waals surface area (Å²) in [7, 11) is 0. The predicted molar refractivity (Wildman–Crippen MR) is 79.8 cm³/mol. The lowest BCUT2D eigenvalue weighted by atomic mass is 9.91. The number of Topliss-reactive ketones (excluding diaryl/α,β-unsaturated/α-hetero) is 1. The van der Waals surface area contributed by atoms with Crippen molar-refractivity contribution in [2.45, 2.75) is 32.7 Å². The van der Waals surface area contributed by atoms with Crippen molar-refractivity contribution in [3.8, 4) is 0 Å². The molecule has 0 amide bonds. The number of carboxylic acid groups (broad SMARTS) is 1. The second-order valence-corrected chi connectivity index (χ2v) is 4.41. The van der Waals surface area contributed by atoms with Gasteiger partial charge in [-0.15, -0.1) is 0 Å². The Labute approximate surface area is 130 Å². The number of ether oxygens (including phenoxy) is 3. The number of carbonyl (C=O) groups is 2. The van der Waals surface area contributed by atoms with Gasteiger partial charge in [0.25, 0.3) is 5.60 Å². The summed E-state index contributed by atoms with van der Waals surface area (Å²) in [6.07, 6.45) is -1.33. The Hall–Kier alpha value is -1.76. The summed E-state index contributed by atoms with van der Waals surface area (Å²) in [5.41, 5.74) is -2.01. The smallest absolute Gasteiger partial charge is 0.349 e. The molecule has 1 atom stereocenters. The van der Waals surface area contributed by atoms with Crippen LogP contribution in [0.3, 0.4) is 0 Å². The van der Waals surface area contributed by atoms with Crippen LogP contribution in [0, 0.1) is 0 Å². The van der Waals surface area contributed by atoms with Gasteiger partial charge < -0.3 is 19.3 Å². The van der Waals surface area contributed by atoms with E-state index in [-0.39, 0.29) is 25.4 Å². The molecular weight excluding hydrogens is 288 g/mol. The van der Waals surface area contributed by atoms with Crippen LogP contribution in [0.15, 0.2) is 30.3 Å². The molecule has 6 nitrogen and oxygen atoms in total. The van der Waals surface area contributed by atoms with Crippen LogP contribution < -0.4 is 0 Å². The first-order valence-corrected chi connectivity index (χ1v) is 7.24. The fraction of sp³-hybridized carbons (Fsp3) is 0.500. The second-order valence-electron chi connectivity index (χ2n) is 4.41. The van der Waals surface area contributed by atoms with Crippen molar-refractivity contribution in [3.63, 3.8) is 0 Å². The summed E-state index contributed by atoms with van der Waals surface area (Å²) < 4.78 is 16.1. The summed E-state index contributed by atoms with van der Waals surface area (Å²) >= 11 is 0. The first-order chi connectivity index (χ1) is 10.5. The third-order valence-corrected chi connectivity index (χ3v) is 3.03. The van der Waals surface area contributed by atoms with Gasteiger partial charge in [0, 0.05) is 25.4 Å². The van der Waals surface area contributed by atoms with Crippen LogP contribution in [0.5, 0.6) is 0 Å². The largest absolute Gasteiger partial charge is 0.479 e. The molecule has 0 spiro atoms. The maximum atomic E-state index is 12.8. The maximum absolute atomic E-state index is 12.8. The summed E-state index contributed by atoms with van der Waals surface area (Å²) in [5.74, 6) is -2.13. The van der Waals surface area contributed by atoms with Gasteiger partial charge in [-0.3, -0.25) is 4.79 Å². The fourth-order valence-electron chi connectivity index (χ4n) is 2.12. The number of hydrogen-bond donors (Lipinski definition) is 1. The standard InChI is InChI=1S/C16H22O6/c1-4-20-15(21-5-2)16(14(18)19,22-6-3)13(17)12-10-8-7-9-11-12/h7-11,15H,4-6H2,1-3H3,(H,18,19). The van der Waals surface area contributed by atoms with Crippen LogP contribution in [0.4, 0.5) is 0 Å². The molecule has 0 aliphatic heterocycles. The number of carbonyl (C=O) groups excluding carboxylic acids is 1. The van der Waals surface area contributed by atoms with Crippen LogP contribution >= 0.6 is 0 Å². The first-order valence-electron chi connectivity index (χ1n) is 7.24. The quantitative estimate of drug-likeness (QED) is 0.405. The summed E-state index contributed by atoms with van der Waals surface area (Å²) in [4.78, 5) is 24.7. The van der Waals surface area contributed by atoms with Crippen LogP contribution in [-0.4, -0.2) is 48.6 Å². The number of hydrogen-bond acceptors (Lipinski definition) is 5. The summed E-state index contributed by atoms with van der Waals surface area (Å²) in [6.45, 7) is 5.41. The minimum absolute atomic E-state index is 0.0293. The number of ketones is 1. The highest BCUT2D eigenvalue weighted by Crippen LogP contribution is 2.26. The predicted octanol–water partition coefficient (Wildman–Crippen LogP) is 2.13. The average molecular weight is 310 g/mol. The van der Waals surface area contributed by atoms with Gasteiger partial charge in [0.15, 0.2) is 0 Å². The lowest BCUT2D eigenvalue weighted by Crippen LogP contribution is -2.60. The molecular formula is C16H22O6. The van der Waals surface area contributed by atoms with Gasteiger partial charge in [0.1, 0.15) is 0 Å². The maximum Gasteiger partial charge on any atom is 0.349 e. The zero-order chi connectivity index (χ0) is 16.6. The van der Waals surface area contributed by atoms with E-state index in [1.54, 1.807) is 39.0 Å². The topological polar surface area (TPSA) is 82.1 Å². The van der Waals surface area contributed by atoms with Crippen molar-refractivity contribution >= 4 is 11.8 Å². The Morgan fingerprint density at radius 3 is 2.00 bits per heavy atom. The van der Waals surface area contributed by atoms with E-state index < -0.39 is 23.6 Å². The van der Waals surface area contributed by atoms with E-state index in [0.717, 1.165) is 0 Å². The van der Waals surface area contributed by atoms with Crippen molar-refractivity contribution in [2.75, 3.05) is 19.8 Å². The average Bonchev–Trinajstić information content (AvgIpc) is 2.52. The minimum atomic E-state index is -2.23. The molecule has 22 heavy (non-hydrogen) atoms. The van der Waals surface area contributed by atoms with E-state index in [2.05, 4.69) is 0 Å². The van der Waals surface area contributed by atoms with Crippen LogP contribution in [0.2, 0.25) is 0 Å². The number of benzene rings is 1. The van der Waals surface area contributed by atoms with Crippen molar-refractivity contribution in [2.24, 2.45) is 0 Å². The van der Waals surface area contributed by atoms with Gasteiger partial charge in [-0.2, -0.15) is 0 Å². The SMILES string of the molecule is CCOC(OCC)C(OCC)(C(=O)O)C(=O)c1ccccc1. The molecule has 122 valence electrons. The van der Waals surface area contributed by atoms with Crippen molar-refractivity contribution in [3.05, 3.63) is 35.9 Å². The molecule has 0 aliphatic rings. The van der Waals surface area contributed by atoms with Crippen molar-refractivity contribution in [1.29, 1.82) is 0 Å². The highest BCUT2D eigenvalue weighted by molar-refractivity contribution is 6.15. The summed E-state index contributed by atoms with van der Waals surface area (Å²) in [5, 5.41) is 9.70. The van der Waals surface area contributed by atoms with Gasteiger partial charge in [-0.05, 0) is 20.8 Å². The fourth-order valence-corrected chi connectivity index (χ4v) is 2.12. The molecule has 1 unspecified atom stereocenters. The Morgan fingerprint density at radius 2 is 1.59 bits per heavy atom. The first kappa shape index (κ1) is 18.3. The second kappa shape index (κ2) is 8.63. The molecule has 1 aromatic carbocycles. The highest BCUT2D eigenvalue weighted by atomic mass is 16.7. The van der Waals surface area contributed by atoms with Crippen molar-refractivity contribution < 1.29 is 28.9 Å². The van der Waals surface area contributed by atoms with Gasteiger partial charge in [0.2, 0.25) is 12.1 Å². The normalized spacial score (nSPS) is 13.8. The third kappa shape index (κ3) is 3.71. The van der Waals surface area contributed by atoms with E-state index in [4.69, 9.17) is 14.2 Å². The van der Waals surface area contributed by atoms with Gasteiger partial charge in [-0.1, -0.05) is 30.3 Å². The monoisotopic (exact) mass is 310 g/mol. The Morgan fingerprint density at radius 1 is 1.05 bits per heavy atom. The number of aliphatic carboxylic acids is 1. The Bertz CT molecular complexity index is 481. The zero-order valence-electron chi connectivity index (χ0n) is 13.1. The third-order valence-electron chi connectivity index (χ3n) is 3.03. The highest BCUT2D eigenvalue weighted by Gasteiger charge is 2.56. The molecule has 1 rings (SSSR count). The molecule has 0 aliphatic carbocycles. The molecule has 0 fully saturated rings. The van der Waals surface area contributed by atoms with E-state index in [1.807, 2.05) is 0 Å². The Balaban J connectivity index is 3.36. The van der Waals surface area contributed by atoms with E-state index >= 15 is 0 Å². The molecule has 0 saturated carbocycles. The van der Waals surface area contributed by atoms with Gasteiger partial charge >= 0.3 is 5.97 Å². The molecule has 6 heteroatoms. The minimum Gasteiger partial charge on any atom is -0.479 e. The Kier molecular flexibility index (Phi) is 7.17. The molecule has 0 aromatic heterocycles. The van der Waals surface area contributed by atoms with E-state index in [9.17, 15) is 14.7 Å². The molecule has 0 bridgehead atoms. The molecule has 0 radical (unpaired) electrons. The van der Waals surface area contributed by atoms with Crippen LogP contribution in [0.1, 0.15) is 31.1 Å². The van der Waals surface area contributed by atoms with Crippen LogP contribution in [-0.2, 0) is 19.0 Å².